The summed E-state index contributed by atoms with van der Waals surface area (Å²) in [6.45, 7) is 1.72. The largest absolute Gasteiger partial charge is 0.490 e. The maximum Gasteiger partial charge on any atom is 0.324 e. The minimum Gasteiger partial charge on any atom is -0.490 e. The third kappa shape index (κ3) is 2.03. The Morgan fingerprint density at radius 1 is 0.882 bits per heavy atom. The van der Waals surface area contributed by atoms with E-state index in [1.165, 1.54) is 12.0 Å². The molecule has 7 rings (SSSR count). The Labute approximate surface area is 193 Å². The molecule has 9 unspecified atom stereocenters. The van der Waals surface area contributed by atoms with Crippen molar-refractivity contribution in [3.8, 4) is 17.2 Å². The average Bonchev–Trinajstić information content (AvgIpc) is 3.04. The van der Waals surface area contributed by atoms with Crippen molar-refractivity contribution in [1.82, 2.24) is 15.5 Å². The van der Waals surface area contributed by atoms with E-state index in [-0.39, 0.29) is 35.1 Å². The van der Waals surface area contributed by atoms with Crippen LogP contribution in [0, 0.1) is 29.6 Å². The number of esters is 1. The highest BCUT2D eigenvalue weighted by Crippen LogP contribution is 2.66. The molecule has 5 amide bonds. The zero-order valence-electron chi connectivity index (χ0n) is 18.5. The van der Waals surface area contributed by atoms with Crippen molar-refractivity contribution in [2.45, 2.75) is 30.9 Å². The first-order valence-corrected chi connectivity index (χ1v) is 11.3. The van der Waals surface area contributed by atoms with Gasteiger partial charge in [-0.3, -0.25) is 29.8 Å². The van der Waals surface area contributed by atoms with E-state index < -0.39 is 59.7 Å². The van der Waals surface area contributed by atoms with Crippen molar-refractivity contribution in [2.24, 2.45) is 29.6 Å². The van der Waals surface area contributed by atoms with E-state index in [0.29, 0.717) is 11.3 Å². The first kappa shape index (κ1) is 19.8. The van der Waals surface area contributed by atoms with E-state index in [0.717, 1.165) is 5.56 Å². The minimum atomic E-state index is -0.612. The molecule has 1 aromatic carbocycles. The van der Waals surface area contributed by atoms with Gasteiger partial charge in [0.1, 0.15) is 6.10 Å². The molecule has 9 atom stereocenters. The number of imide groups is 2. The van der Waals surface area contributed by atoms with Gasteiger partial charge in [0.25, 0.3) is 0 Å². The minimum absolute atomic E-state index is 0.210. The van der Waals surface area contributed by atoms with Gasteiger partial charge < -0.3 is 19.1 Å². The highest BCUT2D eigenvalue weighted by Gasteiger charge is 2.68. The average molecular weight is 467 g/mol. The molecule has 0 bridgehead atoms. The fraction of sp³-hybridized carbons (Fsp3) is 0.522. The zero-order valence-corrected chi connectivity index (χ0v) is 18.5. The van der Waals surface area contributed by atoms with Crippen LogP contribution in [-0.4, -0.2) is 60.9 Å². The van der Waals surface area contributed by atoms with Gasteiger partial charge in [-0.25, -0.2) is 4.79 Å². The second-order valence-electron chi connectivity index (χ2n) is 9.99. The third-order valence-electron chi connectivity index (χ3n) is 8.79. The second-order valence-corrected chi connectivity index (χ2v) is 9.99. The summed E-state index contributed by atoms with van der Waals surface area (Å²) in [6, 6.07) is 0.964. The first-order chi connectivity index (χ1) is 16.2. The lowest BCUT2D eigenvalue weighted by atomic mass is 9.48. The Morgan fingerprint density at radius 2 is 1.59 bits per heavy atom. The number of methoxy groups -OCH3 is 1. The molecule has 0 spiro atoms. The number of carbonyl (C=O) groups is 5. The van der Waals surface area contributed by atoms with Crippen molar-refractivity contribution < 1.29 is 38.2 Å². The third-order valence-corrected chi connectivity index (χ3v) is 8.79. The van der Waals surface area contributed by atoms with Crippen molar-refractivity contribution in [3.05, 3.63) is 17.2 Å². The number of nitrogens with one attached hydrogen (secondary N) is 2. The van der Waals surface area contributed by atoms with Gasteiger partial charge in [-0.05, 0) is 12.0 Å². The van der Waals surface area contributed by atoms with E-state index in [9.17, 15) is 24.0 Å². The van der Waals surface area contributed by atoms with Gasteiger partial charge in [-0.2, -0.15) is 0 Å². The fourth-order valence-corrected chi connectivity index (χ4v) is 7.19. The summed E-state index contributed by atoms with van der Waals surface area (Å²) in [4.78, 5) is 64.2. The molecule has 2 N–H and O–H groups in total. The van der Waals surface area contributed by atoms with Gasteiger partial charge in [0.2, 0.25) is 23.5 Å². The van der Waals surface area contributed by atoms with E-state index >= 15 is 0 Å². The van der Waals surface area contributed by atoms with Crippen LogP contribution in [0.5, 0.6) is 17.2 Å². The number of rotatable bonds is 1. The highest BCUT2D eigenvalue weighted by molar-refractivity contribution is 6.04. The number of carbonyl (C=O) groups excluding carboxylic acids is 5. The molecular formula is C23H21N3O8. The summed E-state index contributed by atoms with van der Waals surface area (Å²) in [7, 11) is 3.06. The molecule has 6 aliphatic rings. The predicted molar refractivity (Wildman–Crippen MR) is 110 cm³/mol. The quantitative estimate of drug-likeness (QED) is 0.331. The predicted octanol–water partition coefficient (Wildman–Crippen LogP) is -0.123. The fourth-order valence-electron chi connectivity index (χ4n) is 7.19. The Balaban J connectivity index is 1.35. The molecule has 2 saturated carbocycles. The number of piperidine rings is 1. The molecule has 0 radical (unpaired) electrons. The Kier molecular flexibility index (Phi) is 3.54. The van der Waals surface area contributed by atoms with Crippen molar-refractivity contribution in [2.75, 3.05) is 14.2 Å². The molecular weight excluding hydrogens is 446 g/mol. The number of hydrogen-bond donors (Lipinski definition) is 2. The Bertz CT molecular complexity index is 1260. The summed E-state index contributed by atoms with van der Waals surface area (Å²) in [5.74, 6) is -4.10. The van der Waals surface area contributed by atoms with Crippen LogP contribution >= 0.6 is 0 Å². The Hall–Kier alpha value is -3.63. The molecule has 34 heavy (non-hydrogen) atoms. The maximum absolute atomic E-state index is 13.0. The number of benzene rings is 1. The number of urea groups is 1. The number of hydrogen-bond acceptors (Lipinski definition) is 8. The first-order valence-electron chi connectivity index (χ1n) is 11.3. The number of ether oxygens (including phenoxy) is 3. The normalized spacial score (nSPS) is 40.5. The van der Waals surface area contributed by atoms with E-state index in [1.807, 2.05) is 6.07 Å². The maximum atomic E-state index is 13.0. The number of fused-ring (bicyclic) bond motifs is 12. The van der Waals surface area contributed by atoms with Gasteiger partial charge in [-0.15, -0.1) is 0 Å². The topological polar surface area (TPSA) is 140 Å². The van der Waals surface area contributed by atoms with Gasteiger partial charge in [-0.1, -0.05) is 6.92 Å². The molecule has 0 aromatic heterocycles. The van der Waals surface area contributed by atoms with Crippen LogP contribution in [0.2, 0.25) is 0 Å². The van der Waals surface area contributed by atoms with Crippen LogP contribution in [0.25, 0.3) is 0 Å². The van der Waals surface area contributed by atoms with Crippen LogP contribution in [0.4, 0.5) is 4.79 Å². The van der Waals surface area contributed by atoms with Crippen molar-refractivity contribution in [3.63, 3.8) is 0 Å². The Morgan fingerprint density at radius 3 is 2.32 bits per heavy atom. The molecule has 4 heterocycles. The lowest BCUT2D eigenvalue weighted by molar-refractivity contribution is -0.170. The van der Waals surface area contributed by atoms with E-state index in [1.54, 1.807) is 14.0 Å². The summed E-state index contributed by atoms with van der Waals surface area (Å²) >= 11 is 0. The monoisotopic (exact) mass is 467 g/mol. The number of likely N-dealkylation sites (N-methyl/N-ethyl adjacent to an activating group) is 1. The summed E-state index contributed by atoms with van der Waals surface area (Å²) in [5, 5.41) is 4.81. The molecule has 11 heteroatoms. The van der Waals surface area contributed by atoms with Gasteiger partial charge in [0.15, 0.2) is 11.5 Å². The molecule has 4 fully saturated rings. The molecule has 11 nitrogen and oxygen atoms in total. The summed E-state index contributed by atoms with van der Waals surface area (Å²) in [5.41, 5.74) is 1.38. The molecule has 4 aliphatic heterocycles. The van der Waals surface area contributed by atoms with Gasteiger partial charge in [0, 0.05) is 35.9 Å². The summed E-state index contributed by atoms with van der Waals surface area (Å²) < 4.78 is 17.5. The molecule has 2 saturated heterocycles. The SMILES string of the molecule is COc1c2c(cc3c1OC(=O)C1C3C3C(=O)NC(=O)C(C)C31)C1C(O2)C2C1C(=O)NC(=O)N2C. The number of nitrogens with zero attached hydrogens (tertiary/aromatic N) is 1. The highest BCUT2D eigenvalue weighted by atomic mass is 16.6. The van der Waals surface area contributed by atoms with E-state index in [2.05, 4.69) is 10.6 Å². The lowest BCUT2D eigenvalue weighted by Crippen LogP contribution is -2.72. The van der Waals surface area contributed by atoms with E-state index in [4.69, 9.17) is 14.2 Å². The molecule has 1 aromatic rings. The van der Waals surface area contributed by atoms with Gasteiger partial charge >= 0.3 is 12.0 Å². The molecule has 176 valence electrons. The number of amides is 5. The van der Waals surface area contributed by atoms with Crippen LogP contribution in [-0.2, 0) is 19.2 Å². The van der Waals surface area contributed by atoms with Gasteiger partial charge in [0.05, 0.1) is 30.9 Å². The molecule has 2 aliphatic carbocycles. The van der Waals surface area contributed by atoms with Crippen molar-refractivity contribution >= 4 is 29.7 Å². The zero-order chi connectivity index (χ0) is 23.8. The second kappa shape index (κ2) is 6.08. The summed E-state index contributed by atoms with van der Waals surface area (Å²) in [6.07, 6.45) is -0.436. The van der Waals surface area contributed by atoms with Crippen LogP contribution in [0.1, 0.15) is 29.9 Å². The van der Waals surface area contributed by atoms with Crippen molar-refractivity contribution in [1.29, 1.82) is 0 Å². The van der Waals surface area contributed by atoms with Crippen LogP contribution in [0.3, 0.4) is 0 Å². The lowest BCUT2D eigenvalue weighted by Gasteiger charge is -2.55. The standard InChI is InChI=1S/C23H21N3O8/c1-5-8-11(20(28)24-19(5)27)9-6-4-7-10-13-14(26(2)23(31)25-21(13)29)17(10)33-15(7)18(32-3)16(6)34-22(30)12(8)9/h4-5,8-14,17H,1-3H3,(H,24,27,28)(H,25,29,31). The van der Waals surface area contributed by atoms with Crippen LogP contribution in [0.15, 0.2) is 6.07 Å². The van der Waals surface area contributed by atoms with Crippen LogP contribution < -0.4 is 24.8 Å². The smallest absolute Gasteiger partial charge is 0.324 e.